The van der Waals surface area contributed by atoms with Gasteiger partial charge in [0.25, 0.3) is 5.56 Å². The molecule has 0 aliphatic carbocycles. The summed E-state index contributed by atoms with van der Waals surface area (Å²) in [7, 11) is 1.32. The molecule has 0 N–H and O–H groups in total. The van der Waals surface area contributed by atoms with Crippen molar-refractivity contribution in [2.45, 2.75) is 26.9 Å². The Morgan fingerprint density at radius 1 is 1.03 bits per heavy atom. The van der Waals surface area contributed by atoms with Crippen LogP contribution in [-0.4, -0.2) is 48.7 Å². The number of halogens is 1. The average molecular weight is 454 g/mol. The van der Waals surface area contributed by atoms with Crippen molar-refractivity contribution >= 4 is 34.2 Å². The van der Waals surface area contributed by atoms with Crippen molar-refractivity contribution in [1.82, 2.24) is 9.47 Å². The minimum absolute atomic E-state index is 0.138. The number of aryl methyl sites for hydroxylation is 2. The summed E-state index contributed by atoms with van der Waals surface area (Å²) in [4.78, 5) is 29.9. The zero-order valence-corrected chi connectivity index (χ0v) is 19.5. The van der Waals surface area contributed by atoms with E-state index in [-0.39, 0.29) is 12.1 Å². The zero-order valence-electron chi connectivity index (χ0n) is 18.7. The van der Waals surface area contributed by atoms with Crippen molar-refractivity contribution in [1.29, 1.82) is 0 Å². The molecule has 1 aromatic heterocycles. The Hall–Kier alpha value is -2.83. The number of benzene rings is 2. The van der Waals surface area contributed by atoms with E-state index in [0.717, 1.165) is 31.6 Å². The number of esters is 1. The third-order valence-electron chi connectivity index (χ3n) is 6.11. The van der Waals surface area contributed by atoms with Crippen LogP contribution in [0.5, 0.6) is 0 Å². The standard InChI is InChI=1S/C25H28ClN3O3/c1-17-4-7-22(18(2)12-17)28-10-8-27(9-11-28)15-20-13-19-5-6-21(26)14-23(19)29(25(20)31)16-24(30)32-3/h4-7,12-14H,8-11,15-16H2,1-3H3. The molecule has 6 nitrogen and oxygen atoms in total. The number of ether oxygens (including phenoxy) is 1. The van der Waals surface area contributed by atoms with E-state index in [2.05, 4.69) is 41.8 Å². The van der Waals surface area contributed by atoms with Gasteiger partial charge in [0.2, 0.25) is 0 Å². The summed E-state index contributed by atoms with van der Waals surface area (Å²) < 4.78 is 6.27. The lowest BCUT2D eigenvalue weighted by atomic mass is 10.1. The largest absolute Gasteiger partial charge is 0.468 e. The second-order valence-electron chi connectivity index (χ2n) is 8.39. The first-order chi connectivity index (χ1) is 15.4. The minimum Gasteiger partial charge on any atom is -0.468 e. The smallest absolute Gasteiger partial charge is 0.325 e. The molecular weight excluding hydrogens is 426 g/mol. The molecule has 0 bridgehead atoms. The fourth-order valence-corrected chi connectivity index (χ4v) is 4.58. The molecule has 1 aliphatic heterocycles. The lowest BCUT2D eigenvalue weighted by Gasteiger charge is -2.37. The van der Waals surface area contributed by atoms with Crippen molar-refractivity contribution in [3.05, 3.63) is 74.5 Å². The number of nitrogens with zero attached hydrogens (tertiary/aromatic N) is 3. The van der Waals surface area contributed by atoms with Crippen molar-refractivity contribution in [2.75, 3.05) is 38.2 Å². The van der Waals surface area contributed by atoms with Gasteiger partial charge in [0.1, 0.15) is 6.54 Å². The lowest BCUT2D eigenvalue weighted by molar-refractivity contribution is -0.141. The number of carbonyl (C=O) groups is 1. The maximum absolute atomic E-state index is 13.3. The molecular formula is C25H28ClN3O3. The van der Waals surface area contributed by atoms with Gasteiger partial charge in [-0.05, 0) is 49.1 Å². The molecule has 32 heavy (non-hydrogen) atoms. The normalized spacial score (nSPS) is 14.7. The number of fused-ring (bicyclic) bond motifs is 1. The second-order valence-corrected chi connectivity index (χ2v) is 8.83. The van der Waals surface area contributed by atoms with Crippen LogP contribution in [0.1, 0.15) is 16.7 Å². The molecule has 7 heteroatoms. The minimum atomic E-state index is -0.465. The van der Waals surface area contributed by atoms with E-state index in [9.17, 15) is 9.59 Å². The Labute approximate surface area is 193 Å². The van der Waals surface area contributed by atoms with Crippen LogP contribution in [0.4, 0.5) is 5.69 Å². The first kappa shape index (κ1) is 22.4. The average Bonchev–Trinajstić information content (AvgIpc) is 2.77. The highest BCUT2D eigenvalue weighted by Crippen LogP contribution is 2.24. The van der Waals surface area contributed by atoms with Crippen LogP contribution in [0.25, 0.3) is 10.9 Å². The molecule has 2 heterocycles. The van der Waals surface area contributed by atoms with E-state index in [4.69, 9.17) is 16.3 Å². The van der Waals surface area contributed by atoms with E-state index in [1.165, 1.54) is 28.5 Å². The number of piperazine rings is 1. The second kappa shape index (κ2) is 9.35. The van der Waals surface area contributed by atoms with Crippen LogP contribution >= 0.6 is 11.6 Å². The highest BCUT2D eigenvalue weighted by atomic mass is 35.5. The van der Waals surface area contributed by atoms with Crippen LogP contribution in [0, 0.1) is 13.8 Å². The van der Waals surface area contributed by atoms with Crippen molar-refractivity contribution in [3.63, 3.8) is 0 Å². The van der Waals surface area contributed by atoms with Crippen LogP contribution in [0.3, 0.4) is 0 Å². The first-order valence-electron chi connectivity index (χ1n) is 10.8. The Morgan fingerprint density at radius 2 is 1.78 bits per heavy atom. The Kier molecular flexibility index (Phi) is 6.53. The SMILES string of the molecule is COC(=O)Cn1c(=O)c(CN2CCN(c3ccc(C)cc3C)CC2)cc2ccc(Cl)cc21. The van der Waals surface area contributed by atoms with Crippen molar-refractivity contribution in [2.24, 2.45) is 0 Å². The summed E-state index contributed by atoms with van der Waals surface area (Å²) in [5, 5.41) is 1.40. The van der Waals surface area contributed by atoms with Crippen LogP contribution in [-0.2, 0) is 22.6 Å². The van der Waals surface area contributed by atoms with Gasteiger partial charge < -0.3 is 9.64 Å². The quantitative estimate of drug-likeness (QED) is 0.550. The van der Waals surface area contributed by atoms with Gasteiger partial charge in [-0.25, -0.2) is 0 Å². The molecule has 1 saturated heterocycles. The fourth-order valence-electron chi connectivity index (χ4n) is 4.42. The van der Waals surface area contributed by atoms with Gasteiger partial charge >= 0.3 is 5.97 Å². The van der Waals surface area contributed by atoms with E-state index < -0.39 is 5.97 Å². The Balaban J connectivity index is 1.56. The molecule has 1 fully saturated rings. The van der Waals surface area contributed by atoms with E-state index in [1.807, 2.05) is 12.1 Å². The van der Waals surface area contributed by atoms with Gasteiger partial charge in [0.15, 0.2) is 0 Å². The number of hydrogen-bond acceptors (Lipinski definition) is 5. The monoisotopic (exact) mass is 453 g/mol. The third-order valence-corrected chi connectivity index (χ3v) is 6.34. The molecule has 0 unspecified atom stereocenters. The molecule has 0 radical (unpaired) electrons. The molecule has 168 valence electrons. The van der Waals surface area contributed by atoms with E-state index in [0.29, 0.717) is 22.6 Å². The summed E-state index contributed by atoms with van der Waals surface area (Å²) in [6, 6.07) is 13.9. The predicted molar refractivity (Wildman–Crippen MR) is 129 cm³/mol. The summed E-state index contributed by atoms with van der Waals surface area (Å²) >= 11 is 6.15. The number of pyridine rings is 1. The highest BCUT2D eigenvalue weighted by Gasteiger charge is 2.21. The molecule has 0 amide bonds. The molecule has 2 aromatic carbocycles. The van der Waals surface area contributed by atoms with Gasteiger partial charge in [-0.2, -0.15) is 0 Å². The number of hydrogen-bond donors (Lipinski definition) is 0. The molecule has 3 aromatic rings. The van der Waals surface area contributed by atoms with Gasteiger partial charge in [-0.1, -0.05) is 35.4 Å². The summed E-state index contributed by atoms with van der Waals surface area (Å²) in [6.45, 7) is 8.20. The fraction of sp³-hybridized carbons (Fsp3) is 0.360. The number of methoxy groups -OCH3 is 1. The van der Waals surface area contributed by atoms with Crippen LogP contribution in [0.2, 0.25) is 5.02 Å². The number of rotatable bonds is 5. The highest BCUT2D eigenvalue weighted by molar-refractivity contribution is 6.31. The van der Waals surface area contributed by atoms with Gasteiger partial charge in [-0.15, -0.1) is 0 Å². The van der Waals surface area contributed by atoms with Gasteiger partial charge in [0, 0.05) is 49.0 Å². The molecule has 0 saturated carbocycles. The third kappa shape index (κ3) is 4.66. The molecule has 4 rings (SSSR count). The topological polar surface area (TPSA) is 54.8 Å². The van der Waals surface area contributed by atoms with Gasteiger partial charge in [0.05, 0.1) is 12.6 Å². The molecule has 0 spiro atoms. The molecule has 1 aliphatic rings. The summed E-state index contributed by atoms with van der Waals surface area (Å²) in [6.07, 6.45) is 0. The van der Waals surface area contributed by atoms with Gasteiger partial charge in [-0.3, -0.25) is 19.1 Å². The van der Waals surface area contributed by atoms with E-state index >= 15 is 0 Å². The Bertz CT molecular complexity index is 1210. The number of aromatic nitrogens is 1. The predicted octanol–water partition coefficient (Wildman–Crippen LogP) is 3.77. The zero-order chi connectivity index (χ0) is 22.8. The number of carbonyl (C=O) groups excluding carboxylic acids is 1. The number of anilines is 1. The van der Waals surface area contributed by atoms with Crippen molar-refractivity contribution < 1.29 is 9.53 Å². The van der Waals surface area contributed by atoms with Crippen molar-refractivity contribution in [3.8, 4) is 0 Å². The van der Waals surface area contributed by atoms with Crippen LogP contribution in [0.15, 0.2) is 47.3 Å². The van der Waals surface area contributed by atoms with Crippen LogP contribution < -0.4 is 10.5 Å². The molecule has 0 atom stereocenters. The maximum Gasteiger partial charge on any atom is 0.325 e. The first-order valence-corrected chi connectivity index (χ1v) is 11.2. The summed E-state index contributed by atoms with van der Waals surface area (Å²) in [5.41, 5.74) is 4.96. The Morgan fingerprint density at radius 3 is 2.47 bits per heavy atom. The maximum atomic E-state index is 13.3. The lowest BCUT2D eigenvalue weighted by Crippen LogP contribution is -2.47. The van der Waals surface area contributed by atoms with E-state index in [1.54, 1.807) is 12.1 Å². The summed E-state index contributed by atoms with van der Waals surface area (Å²) in [5.74, 6) is -0.465.